The molecule has 2 aliphatic rings. The number of hydrogen-bond donors (Lipinski definition) is 2. The lowest BCUT2D eigenvalue weighted by Gasteiger charge is -2.32. The average molecular weight is 371 g/mol. The zero-order valence-electron chi connectivity index (χ0n) is 15.2. The van der Waals surface area contributed by atoms with E-state index in [0.717, 1.165) is 44.0 Å². The van der Waals surface area contributed by atoms with Gasteiger partial charge in [-0.25, -0.2) is 14.4 Å². The number of rotatable bonds is 4. The summed E-state index contributed by atoms with van der Waals surface area (Å²) < 4.78 is 13.2. The van der Waals surface area contributed by atoms with Crippen LogP contribution in [0, 0.1) is 5.82 Å². The SMILES string of the molecule is O=C1C[C@H](c2ccc(F)cc2)Cc2nc(N3CC[NH+](CCO)CC3)ncc21. The first-order valence-corrected chi connectivity index (χ1v) is 9.48. The minimum absolute atomic E-state index is 0.0270. The first-order valence-electron chi connectivity index (χ1n) is 9.48. The second kappa shape index (κ2) is 7.70. The zero-order valence-corrected chi connectivity index (χ0v) is 15.2. The van der Waals surface area contributed by atoms with Crippen LogP contribution in [-0.2, 0) is 6.42 Å². The Hall–Kier alpha value is -2.38. The number of aliphatic hydroxyl groups excluding tert-OH is 1. The van der Waals surface area contributed by atoms with Crippen LogP contribution in [0.5, 0.6) is 0 Å². The summed E-state index contributed by atoms with van der Waals surface area (Å²) in [6.07, 6.45) is 2.73. The average Bonchev–Trinajstić information content (AvgIpc) is 2.69. The van der Waals surface area contributed by atoms with Crippen molar-refractivity contribution in [3.8, 4) is 0 Å². The van der Waals surface area contributed by atoms with E-state index in [4.69, 9.17) is 10.1 Å². The van der Waals surface area contributed by atoms with E-state index in [1.165, 1.54) is 17.0 Å². The van der Waals surface area contributed by atoms with Crippen molar-refractivity contribution >= 4 is 11.7 Å². The van der Waals surface area contributed by atoms with Gasteiger partial charge in [-0.1, -0.05) is 12.1 Å². The van der Waals surface area contributed by atoms with E-state index in [-0.39, 0.29) is 24.1 Å². The van der Waals surface area contributed by atoms with Gasteiger partial charge in [-0.2, -0.15) is 0 Å². The third kappa shape index (κ3) is 3.84. The molecule has 142 valence electrons. The number of ketones is 1. The lowest BCUT2D eigenvalue weighted by Crippen LogP contribution is -3.15. The summed E-state index contributed by atoms with van der Waals surface area (Å²) in [4.78, 5) is 25.2. The Morgan fingerprint density at radius 3 is 2.63 bits per heavy atom. The number of carbonyl (C=O) groups is 1. The number of nitrogens with zero attached hydrogens (tertiary/aromatic N) is 3. The van der Waals surface area contributed by atoms with Crippen LogP contribution in [0.15, 0.2) is 30.5 Å². The molecule has 4 rings (SSSR count). The molecular weight excluding hydrogens is 347 g/mol. The number of Topliss-reactive ketones (excluding diaryl/α,β-unsaturated/α-hetero) is 1. The van der Waals surface area contributed by atoms with E-state index < -0.39 is 0 Å². The molecule has 2 N–H and O–H groups in total. The number of aromatic nitrogens is 2. The number of piperazine rings is 1. The normalized spacial score (nSPS) is 20.6. The summed E-state index contributed by atoms with van der Waals surface area (Å²) in [5, 5.41) is 9.08. The summed E-state index contributed by atoms with van der Waals surface area (Å²) >= 11 is 0. The van der Waals surface area contributed by atoms with Crippen LogP contribution in [0.4, 0.5) is 10.3 Å². The molecule has 1 fully saturated rings. The molecule has 0 bridgehead atoms. The minimum atomic E-state index is -0.270. The number of nitrogens with one attached hydrogen (secondary N) is 1. The first-order chi connectivity index (χ1) is 13.1. The van der Waals surface area contributed by atoms with Crippen molar-refractivity contribution < 1.29 is 19.2 Å². The van der Waals surface area contributed by atoms with E-state index in [2.05, 4.69) is 9.88 Å². The lowest BCUT2D eigenvalue weighted by molar-refractivity contribution is -0.900. The van der Waals surface area contributed by atoms with E-state index in [0.29, 0.717) is 24.4 Å². The summed E-state index contributed by atoms with van der Waals surface area (Å²) in [6, 6.07) is 6.39. The van der Waals surface area contributed by atoms with Crippen molar-refractivity contribution in [2.45, 2.75) is 18.8 Å². The van der Waals surface area contributed by atoms with Crippen molar-refractivity contribution in [3.05, 3.63) is 53.1 Å². The predicted molar refractivity (Wildman–Crippen MR) is 98.7 cm³/mol. The summed E-state index contributed by atoms with van der Waals surface area (Å²) in [5.41, 5.74) is 2.37. The van der Waals surface area contributed by atoms with E-state index >= 15 is 0 Å². The first kappa shape index (κ1) is 18.0. The van der Waals surface area contributed by atoms with Gasteiger partial charge in [-0.3, -0.25) is 4.79 Å². The molecular formula is C20H24FN4O2+. The van der Waals surface area contributed by atoms with E-state index in [1.54, 1.807) is 18.3 Å². The Bertz CT molecular complexity index is 819. The van der Waals surface area contributed by atoms with Gasteiger partial charge in [0.2, 0.25) is 5.95 Å². The molecule has 1 aromatic heterocycles. The van der Waals surface area contributed by atoms with E-state index in [1.807, 2.05) is 0 Å². The molecule has 0 unspecified atom stereocenters. The highest BCUT2D eigenvalue weighted by Gasteiger charge is 2.29. The molecule has 27 heavy (non-hydrogen) atoms. The molecule has 0 saturated carbocycles. The van der Waals surface area contributed by atoms with Crippen LogP contribution in [0.25, 0.3) is 0 Å². The number of fused-ring (bicyclic) bond motifs is 1. The van der Waals surface area contributed by atoms with Crippen molar-refractivity contribution in [1.82, 2.24) is 9.97 Å². The molecule has 1 atom stereocenters. The number of anilines is 1. The minimum Gasteiger partial charge on any atom is -0.391 e. The standard InChI is InChI=1S/C20H23FN4O2/c21-16-3-1-14(2-4-16)15-11-18-17(19(27)12-15)13-22-20(23-18)25-7-5-24(6-8-25)9-10-26/h1-4,13,15,26H,5-12H2/p+1/t15-/m1/s1. The van der Waals surface area contributed by atoms with Crippen molar-refractivity contribution in [2.24, 2.45) is 0 Å². The highest BCUT2D eigenvalue weighted by atomic mass is 19.1. The quantitative estimate of drug-likeness (QED) is 0.805. The van der Waals surface area contributed by atoms with Crippen molar-refractivity contribution in [3.63, 3.8) is 0 Å². The van der Waals surface area contributed by atoms with Crippen LogP contribution < -0.4 is 9.80 Å². The molecule has 1 aliphatic carbocycles. The molecule has 1 aromatic carbocycles. The van der Waals surface area contributed by atoms with Crippen LogP contribution in [0.1, 0.15) is 34.0 Å². The summed E-state index contributed by atoms with van der Waals surface area (Å²) in [5.74, 6) is 0.478. The van der Waals surface area contributed by atoms with Gasteiger partial charge in [-0.15, -0.1) is 0 Å². The van der Waals surface area contributed by atoms with Gasteiger partial charge in [0.25, 0.3) is 0 Å². The second-order valence-electron chi connectivity index (χ2n) is 7.32. The fourth-order valence-electron chi connectivity index (χ4n) is 3.99. The topological polar surface area (TPSA) is 70.8 Å². The van der Waals surface area contributed by atoms with Crippen molar-refractivity contribution in [1.29, 1.82) is 0 Å². The molecule has 7 heteroatoms. The number of halogens is 1. The Morgan fingerprint density at radius 2 is 1.93 bits per heavy atom. The number of quaternary nitrogens is 1. The highest BCUT2D eigenvalue weighted by molar-refractivity contribution is 5.98. The van der Waals surface area contributed by atoms with Gasteiger partial charge < -0.3 is 14.9 Å². The number of aliphatic hydroxyl groups is 1. The van der Waals surface area contributed by atoms with Gasteiger partial charge in [0.05, 0.1) is 44.0 Å². The smallest absolute Gasteiger partial charge is 0.225 e. The van der Waals surface area contributed by atoms with Crippen molar-refractivity contribution in [2.75, 3.05) is 44.2 Å². The number of benzene rings is 1. The van der Waals surface area contributed by atoms with Crippen LogP contribution in [0.3, 0.4) is 0 Å². The predicted octanol–water partition coefficient (Wildman–Crippen LogP) is 0.226. The molecule has 0 radical (unpaired) electrons. The molecule has 0 spiro atoms. The van der Waals surface area contributed by atoms with Crippen LogP contribution >= 0.6 is 0 Å². The monoisotopic (exact) mass is 371 g/mol. The molecule has 0 amide bonds. The molecule has 2 heterocycles. The van der Waals surface area contributed by atoms with Gasteiger partial charge in [0.1, 0.15) is 12.4 Å². The van der Waals surface area contributed by atoms with Crippen LogP contribution in [0.2, 0.25) is 0 Å². The molecule has 1 aliphatic heterocycles. The maximum absolute atomic E-state index is 13.2. The van der Waals surface area contributed by atoms with Crippen LogP contribution in [-0.4, -0.2) is 60.2 Å². The zero-order chi connectivity index (χ0) is 18.8. The Labute approximate surface area is 157 Å². The second-order valence-corrected chi connectivity index (χ2v) is 7.32. The Morgan fingerprint density at radius 1 is 1.19 bits per heavy atom. The summed E-state index contributed by atoms with van der Waals surface area (Å²) in [6.45, 7) is 4.54. The maximum atomic E-state index is 13.2. The maximum Gasteiger partial charge on any atom is 0.225 e. The fourth-order valence-corrected chi connectivity index (χ4v) is 3.99. The van der Waals surface area contributed by atoms with Gasteiger partial charge >= 0.3 is 0 Å². The fraction of sp³-hybridized carbons (Fsp3) is 0.450. The van der Waals surface area contributed by atoms with Gasteiger partial charge in [0.15, 0.2) is 5.78 Å². The van der Waals surface area contributed by atoms with Gasteiger partial charge in [0, 0.05) is 12.6 Å². The van der Waals surface area contributed by atoms with Gasteiger partial charge in [-0.05, 0) is 30.0 Å². The largest absolute Gasteiger partial charge is 0.391 e. The number of hydrogen-bond acceptors (Lipinski definition) is 5. The summed E-state index contributed by atoms with van der Waals surface area (Å²) in [7, 11) is 0. The number of carbonyl (C=O) groups excluding carboxylic acids is 1. The molecule has 1 saturated heterocycles. The third-order valence-electron chi connectivity index (χ3n) is 5.59. The third-order valence-corrected chi connectivity index (χ3v) is 5.59. The Kier molecular flexibility index (Phi) is 5.13. The Balaban J connectivity index is 1.52. The van der Waals surface area contributed by atoms with E-state index in [9.17, 15) is 9.18 Å². The molecule has 2 aromatic rings. The lowest BCUT2D eigenvalue weighted by atomic mass is 9.82. The highest BCUT2D eigenvalue weighted by Crippen LogP contribution is 2.32. The molecule has 6 nitrogen and oxygen atoms in total.